The van der Waals surface area contributed by atoms with Crippen molar-refractivity contribution >= 4 is 16.0 Å². The van der Waals surface area contributed by atoms with E-state index in [0.717, 1.165) is 0 Å². The summed E-state index contributed by atoms with van der Waals surface area (Å²) in [6.45, 7) is 4.84. The monoisotopic (exact) mass is 268 g/mol. The van der Waals surface area contributed by atoms with Crippen molar-refractivity contribution in [2.24, 2.45) is 0 Å². The van der Waals surface area contributed by atoms with E-state index in [1.807, 2.05) is 0 Å². The molecule has 7 nitrogen and oxygen atoms in total. The summed E-state index contributed by atoms with van der Waals surface area (Å²) < 4.78 is 31.4. The van der Waals surface area contributed by atoms with Crippen LogP contribution >= 0.6 is 0 Å². The van der Waals surface area contributed by atoms with Gasteiger partial charge in [-0.1, -0.05) is 5.16 Å². The zero-order chi connectivity index (χ0) is 13.3. The fourth-order valence-corrected chi connectivity index (χ4v) is 2.81. The van der Waals surface area contributed by atoms with Crippen LogP contribution in [0.1, 0.15) is 17.1 Å². The van der Waals surface area contributed by atoms with Gasteiger partial charge in [-0.3, -0.25) is 0 Å². The lowest BCUT2D eigenvalue weighted by Crippen LogP contribution is -2.16. The lowest BCUT2D eigenvalue weighted by molar-refractivity contribution is 0.390. The van der Waals surface area contributed by atoms with Crippen LogP contribution in [-0.4, -0.2) is 23.5 Å². The number of rotatable bonds is 3. The Balaban J connectivity index is 2.39. The van der Waals surface area contributed by atoms with E-state index in [1.54, 1.807) is 19.9 Å². The van der Waals surface area contributed by atoms with Gasteiger partial charge in [0.25, 0.3) is 10.0 Å². The zero-order valence-corrected chi connectivity index (χ0v) is 10.9. The van der Waals surface area contributed by atoms with E-state index in [4.69, 9.17) is 4.52 Å². The first-order chi connectivity index (χ1) is 8.40. The molecule has 0 saturated heterocycles. The van der Waals surface area contributed by atoms with Crippen LogP contribution in [0.2, 0.25) is 0 Å². The first-order valence-corrected chi connectivity index (χ1v) is 6.64. The third-order valence-corrected chi connectivity index (χ3v) is 3.83. The molecule has 0 atom stereocenters. The third-order valence-electron chi connectivity index (χ3n) is 2.26. The van der Waals surface area contributed by atoms with E-state index in [9.17, 15) is 8.42 Å². The predicted molar refractivity (Wildman–Crippen MR) is 63.6 cm³/mol. The zero-order valence-electron chi connectivity index (χ0n) is 10.1. The summed E-state index contributed by atoms with van der Waals surface area (Å²) in [6.07, 6.45) is 1.48. The number of sulfonamides is 1. The minimum absolute atomic E-state index is 0.0209. The highest BCUT2D eigenvalue weighted by molar-refractivity contribution is 7.92. The molecule has 2 aromatic heterocycles. The number of aromatic nitrogens is 3. The van der Waals surface area contributed by atoms with Crippen LogP contribution in [0.3, 0.4) is 0 Å². The summed E-state index contributed by atoms with van der Waals surface area (Å²) in [6, 6.07) is 1.67. The van der Waals surface area contributed by atoms with Gasteiger partial charge in [-0.25, -0.2) is 23.1 Å². The smallest absolute Gasteiger partial charge is 0.269 e. The molecular formula is C10H12N4O3S. The Labute approximate surface area is 104 Å². The molecule has 2 aromatic rings. The van der Waals surface area contributed by atoms with Crippen molar-refractivity contribution in [1.82, 2.24) is 15.1 Å². The second-order valence-electron chi connectivity index (χ2n) is 3.78. The van der Waals surface area contributed by atoms with Crippen LogP contribution in [0.4, 0.5) is 5.95 Å². The van der Waals surface area contributed by atoms with Gasteiger partial charge in [0.05, 0.1) is 0 Å². The Bertz CT molecular complexity index is 659. The fourth-order valence-electron chi connectivity index (χ4n) is 1.53. The van der Waals surface area contributed by atoms with Crippen molar-refractivity contribution in [2.45, 2.75) is 25.7 Å². The maximum atomic E-state index is 12.1. The van der Waals surface area contributed by atoms with E-state index in [0.29, 0.717) is 11.4 Å². The first kappa shape index (κ1) is 12.5. The third kappa shape index (κ3) is 2.33. The molecule has 2 heterocycles. The van der Waals surface area contributed by atoms with Crippen LogP contribution < -0.4 is 4.72 Å². The summed E-state index contributed by atoms with van der Waals surface area (Å²) in [7, 11) is -3.78. The van der Waals surface area contributed by atoms with Crippen LogP contribution in [0.5, 0.6) is 0 Å². The number of nitrogens with zero attached hydrogens (tertiary/aromatic N) is 3. The standard InChI is InChI=1S/C10H12N4O3S/c1-6-4-5-11-10(12-6)14-18(15,16)9-7(2)13-17-8(9)3/h4-5H,1-3H3,(H,11,12,14). The average Bonchev–Trinajstić information content (AvgIpc) is 2.58. The van der Waals surface area contributed by atoms with Crippen molar-refractivity contribution in [3.8, 4) is 0 Å². The van der Waals surface area contributed by atoms with Gasteiger partial charge < -0.3 is 4.52 Å². The Morgan fingerprint density at radius 3 is 2.56 bits per heavy atom. The Morgan fingerprint density at radius 2 is 2.00 bits per heavy atom. The predicted octanol–water partition coefficient (Wildman–Crippen LogP) is 1.19. The number of aryl methyl sites for hydroxylation is 3. The van der Waals surface area contributed by atoms with Crippen molar-refractivity contribution in [3.63, 3.8) is 0 Å². The minimum atomic E-state index is -3.78. The highest BCUT2D eigenvalue weighted by Gasteiger charge is 2.24. The minimum Gasteiger partial charge on any atom is -0.360 e. The molecule has 0 aliphatic carbocycles. The maximum Gasteiger partial charge on any atom is 0.269 e. The number of hydrogen-bond donors (Lipinski definition) is 1. The average molecular weight is 268 g/mol. The van der Waals surface area contributed by atoms with E-state index < -0.39 is 10.0 Å². The summed E-state index contributed by atoms with van der Waals surface area (Å²) in [5, 5.41) is 3.61. The molecule has 96 valence electrons. The van der Waals surface area contributed by atoms with Gasteiger partial charge in [-0.05, 0) is 26.8 Å². The van der Waals surface area contributed by atoms with Crippen molar-refractivity contribution in [1.29, 1.82) is 0 Å². The van der Waals surface area contributed by atoms with E-state index in [1.165, 1.54) is 13.1 Å². The van der Waals surface area contributed by atoms with Crippen LogP contribution in [0.25, 0.3) is 0 Å². The molecule has 0 saturated carbocycles. The highest BCUT2D eigenvalue weighted by atomic mass is 32.2. The van der Waals surface area contributed by atoms with Crippen LogP contribution in [-0.2, 0) is 10.0 Å². The highest BCUT2D eigenvalue weighted by Crippen LogP contribution is 2.20. The Hall–Kier alpha value is -1.96. The van der Waals surface area contributed by atoms with Crippen LogP contribution in [0, 0.1) is 20.8 Å². The van der Waals surface area contributed by atoms with Gasteiger partial charge in [-0.2, -0.15) is 0 Å². The second-order valence-corrected chi connectivity index (χ2v) is 5.40. The van der Waals surface area contributed by atoms with E-state index >= 15 is 0 Å². The topological polar surface area (TPSA) is 98.0 Å². The normalized spacial score (nSPS) is 11.5. The van der Waals surface area contributed by atoms with E-state index in [-0.39, 0.29) is 16.6 Å². The van der Waals surface area contributed by atoms with Gasteiger partial charge in [0.1, 0.15) is 5.69 Å². The van der Waals surface area contributed by atoms with Crippen molar-refractivity contribution < 1.29 is 12.9 Å². The summed E-state index contributed by atoms with van der Waals surface area (Å²) in [5.41, 5.74) is 0.967. The second kappa shape index (κ2) is 4.37. The van der Waals surface area contributed by atoms with Gasteiger partial charge in [0, 0.05) is 11.9 Å². The van der Waals surface area contributed by atoms with Gasteiger partial charge in [-0.15, -0.1) is 0 Å². The molecule has 0 spiro atoms. The summed E-state index contributed by atoms with van der Waals surface area (Å²) in [5.74, 6) is 0.252. The van der Waals surface area contributed by atoms with Gasteiger partial charge in [0.15, 0.2) is 10.7 Å². The SMILES string of the molecule is Cc1ccnc(NS(=O)(=O)c2c(C)noc2C)n1. The van der Waals surface area contributed by atoms with Gasteiger partial charge >= 0.3 is 0 Å². The summed E-state index contributed by atoms with van der Waals surface area (Å²) in [4.78, 5) is 7.84. The van der Waals surface area contributed by atoms with E-state index in [2.05, 4.69) is 19.8 Å². The van der Waals surface area contributed by atoms with Crippen LogP contribution in [0.15, 0.2) is 21.7 Å². The molecule has 0 fully saturated rings. The maximum absolute atomic E-state index is 12.1. The molecule has 0 radical (unpaired) electrons. The molecule has 0 unspecified atom stereocenters. The first-order valence-electron chi connectivity index (χ1n) is 5.15. The molecule has 8 heteroatoms. The summed E-state index contributed by atoms with van der Waals surface area (Å²) >= 11 is 0. The molecule has 0 bridgehead atoms. The number of hydrogen-bond acceptors (Lipinski definition) is 6. The van der Waals surface area contributed by atoms with Crippen molar-refractivity contribution in [2.75, 3.05) is 4.72 Å². The van der Waals surface area contributed by atoms with Crippen molar-refractivity contribution in [3.05, 3.63) is 29.4 Å². The quantitative estimate of drug-likeness (QED) is 0.897. The Morgan fingerprint density at radius 1 is 1.28 bits per heavy atom. The molecule has 0 amide bonds. The Kier molecular flexibility index (Phi) is 3.04. The molecule has 0 aliphatic rings. The largest absolute Gasteiger partial charge is 0.360 e. The molecule has 0 aromatic carbocycles. The molecule has 2 rings (SSSR count). The molecular weight excluding hydrogens is 256 g/mol. The number of nitrogens with one attached hydrogen (secondary N) is 1. The number of anilines is 1. The lowest BCUT2D eigenvalue weighted by Gasteiger charge is -2.05. The van der Waals surface area contributed by atoms with Gasteiger partial charge in [0.2, 0.25) is 5.95 Å². The molecule has 0 aliphatic heterocycles. The lowest BCUT2D eigenvalue weighted by atomic mass is 10.4. The molecule has 18 heavy (non-hydrogen) atoms. The fraction of sp³-hybridized carbons (Fsp3) is 0.300. The molecule has 1 N–H and O–H groups in total.